The fourth-order valence-electron chi connectivity index (χ4n) is 2.24. The molecule has 0 aromatic heterocycles. The number of hydrogen-bond donors (Lipinski definition) is 1. The second-order valence-electron chi connectivity index (χ2n) is 4.95. The number of hydrogen-bond acceptors (Lipinski definition) is 4. The lowest BCUT2D eigenvalue weighted by molar-refractivity contribution is -0.133. The number of methoxy groups -OCH3 is 1. The summed E-state index contributed by atoms with van der Waals surface area (Å²) in [6.45, 7) is 3.90. The molecule has 0 radical (unpaired) electrons. The Morgan fingerprint density at radius 1 is 1.57 bits per heavy atom. The third-order valence-corrected chi connectivity index (χ3v) is 3.53. The molecule has 1 fully saturated rings. The van der Waals surface area contributed by atoms with E-state index in [-0.39, 0.29) is 17.8 Å². The van der Waals surface area contributed by atoms with Crippen LogP contribution in [-0.4, -0.2) is 48.8 Å². The normalized spacial score (nSPS) is 19.0. The molecule has 1 atom stereocenters. The van der Waals surface area contributed by atoms with Crippen molar-refractivity contribution < 1.29 is 19.4 Å². The van der Waals surface area contributed by atoms with Crippen molar-refractivity contribution in [3.05, 3.63) is 29.8 Å². The molecular weight excluding hydrogens is 270 g/mol. The number of rotatable bonds is 4. The summed E-state index contributed by atoms with van der Waals surface area (Å²) < 4.78 is 10.6. The van der Waals surface area contributed by atoms with Crippen LogP contribution in [0.25, 0.3) is 6.08 Å². The molecule has 1 aromatic carbocycles. The Kier molecular flexibility index (Phi) is 5.22. The van der Waals surface area contributed by atoms with E-state index in [1.807, 2.05) is 0 Å². The molecule has 1 unspecified atom stereocenters. The average molecular weight is 291 g/mol. The number of carbonyl (C=O) groups excluding carboxylic acids is 1. The van der Waals surface area contributed by atoms with Crippen LogP contribution in [0.2, 0.25) is 0 Å². The smallest absolute Gasteiger partial charge is 0.246 e. The minimum Gasteiger partial charge on any atom is -0.504 e. The number of ether oxygens (including phenoxy) is 2. The van der Waals surface area contributed by atoms with Crippen LogP contribution >= 0.6 is 0 Å². The van der Waals surface area contributed by atoms with Gasteiger partial charge in [-0.3, -0.25) is 4.79 Å². The minimum atomic E-state index is -0.0243. The first-order chi connectivity index (χ1) is 10.1. The molecule has 5 nitrogen and oxygen atoms in total. The molecule has 21 heavy (non-hydrogen) atoms. The van der Waals surface area contributed by atoms with Gasteiger partial charge in [0.25, 0.3) is 0 Å². The maximum Gasteiger partial charge on any atom is 0.246 e. The predicted octanol–water partition coefficient (Wildman–Crippen LogP) is 2.05. The molecule has 1 aliphatic heterocycles. The Hall–Kier alpha value is -2.01. The predicted molar refractivity (Wildman–Crippen MR) is 80.3 cm³/mol. The maximum absolute atomic E-state index is 12.2. The van der Waals surface area contributed by atoms with Gasteiger partial charge in [0.2, 0.25) is 5.91 Å². The fraction of sp³-hybridized carbons (Fsp3) is 0.438. The standard InChI is InChI=1S/C16H21NO4/c1-3-13-11-17(8-9-21-13)16(19)7-5-12-4-6-14(18)15(10-12)20-2/h4-7,10,13,18H,3,8-9,11H2,1-2H3/b7-5+. The second kappa shape index (κ2) is 7.13. The van der Waals surface area contributed by atoms with Gasteiger partial charge in [-0.05, 0) is 30.2 Å². The molecule has 1 heterocycles. The van der Waals surface area contributed by atoms with Crippen molar-refractivity contribution in [3.8, 4) is 11.5 Å². The van der Waals surface area contributed by atoms with Gasteiger partial charge in [-0.2, -0.15) is 0 Å². The molecule has 1 aliphatic rings. The molecule has 2 rings (SSSR count). The first-order valence-electron chi connectivity index (χ1n) is 7.09. The lowest BCUT2D eigenvalue weighted by Gasteiger charge is -2.31. The molecule has 0 spiro atoms. The molecule has 0 aliphatic carbocycles. The van der Waals surface area contributed by atoms with Gasteiger partial charge in [0.15, 0.2) is 11.5 Å². The summed E-state index contributed by atoms with van der Waals surface area (Å²) in [6, 6.07) is 4.97. The van der Waals surface area contributed by atoms with Gasteiger partial charge in [0.1, 0.15) is 0 Å². The van der Waals surface area contributed by atoms with Crippen molar-refractivity contribution in [2.75, 3.05) is 26.8 Å². The quantitative estimate of drug-likeness (QED) is 0.863. The van der Waals surface area contributed by atoms with Crippen LogP contribution in [0.5, 0.6) is 11.5 Å². The zero-order valence-corrected chi connectivity index (χ0v) is 12.4. The van der Waals surface area contributed by atoms with Crippen molar-refractivity contribution >= 4 is 12.0 Å². The maximum atomic E-state index is 12.2. The van der Waals surface area contributed by atoms with Crippen molar-refractivity contribution in [1.29, 1.82) is 0 Å². The van der Waals surface area contributed by atoms with E-state index in [9.17, 15) is 9.90 Å². The Bertz CT molecular complexity index is 527. The number of nitrogens with zero attached hydrogens (tertiary/aromatic N) is 1. The molecule has 1 amide bonds. The fourth-order valence-corrected chi connectivity index (χ4v) is 2.24. The van der Waals surface area contributed by atoms with E-state index < -0.39 is 0 Å². The SMILES string of the molecule is CCC1CN(C(=O)/C=C/c2ccc(O)c(OC)c2)CCO1. The number of carbonyl (C=O) groups is 1. The van der Waals surface area contributed by atoms with Crippen LogP contribution in [0, 0.1) is 0 Å². The lowest BCUT2D eigenvalue weighted by Crippen LogP contribution is -2.44. The minimum absolute atomic E-state index is 0.0243. The zero-order valence-electron chi connectivity index (χ0n) is 12.4. The molecule has 0 bridgehead atoms. The van der Waals surface area contributed by atoms with Crippen LogP contribution in [0.15, 0.2) is 24.3 Å². The Morgan fingerprint density at radius 2 is 2.38 bits per heavy atom. The highest BCUT2D eigenvalue weighted by Crippen LogP contribution is 2.26. The van der Waals surface area contributed by atoms with E-state index in [1.54, 1.807) is 35.3 Å². The second-order valence-corrected chi connectivity index (χ2v) is 4.95. The summed E-state index contributed by atoms with van der Waals surface area (Å²) in [6.07, 6.45) is 4.30. The third kappa shape index (κ3) is 3.98. The van der Waals surface area contributed by atoms with Gasteiger partial charge in [-0.1, -0.05) is 13.0 Å². The molecule has 5 heteroatoms. The number of phenols is 1. The molecule has 0 saturated carbocycles. The molecule has 114 valence electrons. The summed E-state index contributed by atoms with van der Waals surface area (Å²) in [5.41, 5.74) is 0.804. The monoisotopic (exact) mass is 291 g/mol. The highest BCUT2D eigenvalue weighted by atomic mass is 16.5. The van der Waals surface area contributed by atoms with Crippen molar-refractivity contribution in [1.82, 2.24) is 4.90 Å². The summed E-state index contributed by atoms with van der Waals surface area (Å²) >= 11 is 0. The van der Waals surface area contributed by atoms with Crippen LogP contribution in [0.3, 0.4) is 0 Å². The van der Waals surface area contributed by atoms with Gasteiger partial charge in [-0.15, -0.1) is 0 Å². The van der Waals surface area contributed by atoms with Gasteiger partial charge in [0.05, 0.1) is 19.8 Å². The number of morpholine rings is 1. The Labute approximate surface area is 124 Å². The van der Waals surface area contributed by atoms with E-state index in [0.29, 0.717) is 25.4 Å². The van der Waals surface area contributed by atoms with Crippen molar-refractivity contribution in [3.63, 3.8) is 0 Å². The number of amides is 1. The molecule has 1 aromatic rings. The molecular formula is C16H21NO4. The summed E-state index contributed by atoms with van der Waals surface area (Å²) in [5, 5.41) is 9.53. The van der Waals surface area contributed by atoms with Crippen molar-refractivity contribution in [2.24, 2.45) is 0 Å². The molecule has 1 saturated heterocycles. The van der Waals surface area contributed by atoms with Gasteiger partial charge in [0, 0.05) is 19.2 Å². The highest BCUT2D eigenvalue weighted by Gasteiger charge is 2.21. The Balaban J connectivity index is 2.01. The zero-order chi connectivity index (χ0) is 15.2. The van der Waals surface area contributed by atoms with Crippen LogP contribution < -0.4 is 4.74 Å². The average Bonchev–Trinajstić information content (AvgIpc) is 2.53. The topological polar surface area (TPSA) is 59.0 Å². The highest BCUT2D eigenvalue weighted by molar-refractivity contribution is 5.92. The number of aromatic hydroxyl groups is 1. The summed E-state index contributed by atoms with van der Waals surface area (Å²) in [4.78, 5) is 14.0. The van der Waals surface area contributed by atoms with E-state index in [0.717, 1.165) is 12.0 Å². The summed E-state index contributed by atoms with van der Waals surface area (Å²) in [5.74, 6) is 0.450. The van der Waals surface area contributed by atoms with Crippen molar-refractivity contribution in [2.45, 2.75) is 19.4 Å². The van der Waals surface area contributed by atoms with E-state index >= 15 is 0 Å². The van der Waals surface area contributed by atoms with E-state index in [1.165, 1.54) is 7.11 Å². The van der Waals surface area contributed by atoms with Gasteiger partial charge in [-0.25, -0.2) is 0 Å². The van der Waals surface area contributed by atoms with Crippen LogP contribution in [-0.2, 0) is 9.53 Å². The van der Waals surface area contributed by atoms with E-state index in [4.69, 9.17) is 9.47 Å². The van der Waals surface area contributed by atoms with Crippen LogP contribution in [0.4, 0.5) is 0 Å². The van der Waals surface area contributed by atoms with E-state index in [2.05, 4.69) is 6.92 Å². The first-order valence-corrected chi connectivity index (χ1v) is 7.09. The number of phenolic OH excluding ortho intramolecular Hbond substituents is 1. The summed E-state index contributed by atoms with van der Waals surface area (Å²) in [7, 11) is 1.49. The van der Waals surface area contributed by atoms with Crippen LogP contribution in [0.1, 0.15) is 18.9 Å². The lowest BCUT2D eigenvalue weighted by atomic mass is 10.1. The Morgan fingerprint density at radius 3 is 3.10 bits per heavy atom. The first kappa shape index (κ1) is 15.4. The van der Waals surface area contributed by atoms with Gasteiger partial charge >= 0.3 is 0 Å². The largest absolute Gasteiger partial charge is 0.504 e. The molecule has 1 N–H and O–H groups in total. The third-order valence-electron chi connectivity index (χ3n) is 3.53. The van der Waals surface area contributed by atoms with Gasteiger partial charge < -0.3 is 19.5 Å². The number of benzene rings is 1.